The summed E-state index contributed by atoms with van der Waals surface area (Å²) >= 11 is 1.60. The van der Waals surface area contributed by atoms with Gasteiger partial charge in [0.25, 0.3) is 5.91 Å². The van der Waals surface area contributed by atoms with E-state index in [4.69, 9.17) is 0 Å². The Hall–Kier alpha value is -1.86. The predicted octanol–water partition coefficient (Wildman–Crippen LogP) is 2.18. The fourth-order valence-electron chi connectivity index (χ4n) is 2.56. The van der Waals surface area contributed by atoms with Crippen LogP contribution in [0.2, 0.25) is 0 Å². The highest BCUT2D eigenvalue weighted by Crippen LogP contribution is 2.25. The lowest BCUT2D eigenvalue weighted by atomic mass is 10.1. The van der Waals surface area contributed by atoms with Crippen LogP contribution in [0.15, 0.2) is 35.4 Å². The fourth-order valence-corrected chi connectivity index (χ4v) is 3.12. The number of rotatable bonds is 4. The average Bonchev–Trinajstić information content (AvgIpc) is 3.06. The molecule has 7 heteroatoms. The maximum absolute atomic E-state index is 12.3. The first kappa shape index (κ1) is 15.1. The van der Waals surface area contributed by atoms with Gasteiger partial charge in [-0.1, -0.05) is 17.3 Å². The summed E-state index contributed by atoms with van der Waals surface area (Å²) in [5.74, 6) is -0.221. The normalized spacial score (nSPS) is 15.7. The predicted molar refractivity (Wildman–Crippen MR) is 87.3 cm³/mol. The van der Waals surface area contributed by atoms with Crippen molar-refractivity contribution in [3.8, 4) is 0 Å². The smallest absolute Gasteiger partial charge is 0.277 e. The largest absolute Gasteiger partial charge is 0.320 e. The van der Waals surface area contributed by atoms with Crippen LogP contribution in [0.5, 0.6) is 0 Å². The highest BCUT2D eigenvalue weighted by Gasteiger charge is 2.19. The molecule has 0 spiro atoms. The molecule has 1 aromatic carbocycles. The lowest BCUT2D eigenvalue weighted by Crippen LogP contribution is -2.29. The van der Waals surface area contributed by atoms with Gasteiger partial charge in [-0.25, -0.2) is 4.68 Å². The average molecular weight is 317 g/mol. The van der Waals surface area contributed by atoms with E-state index in [1.54, 1.807) is 18.0 Å². The van der Waals surface area contributed by atoms with E-state index in [0.717, 1.165) is 36.5 Å². The molecule has 2 heterocycles. The molecule has 1 saturated heterocycles. The van der Waals surface area contributed by atoms with Crippen molar-refractivity contribution in [2.75, 3.05) is 24.7 Å². The Labute approximate surface area is 133 Å². The van der Waals surface area contributed by atoms with Crippen molar-refractivity contribution >= 4 is 23.4 Å². The summed E-state index contributed by atoms with van der Waals surface area (Å²) in [6.07, 6.45) is 5.75. The van der Waals surface area contributed by atoms with Gasteiger partial charge >= 0.3 is 0 Å². The van der Waals surface area contributed by atoms with Crippen LogP contribution in [0, 0.1) is 0 Å². The van der Waals surface area contributed by atoms with Crippen LogP contribution in [0.25, 0.3) is 0 Å². The van der Waals surface area contributed by atoms with E-state index in [9.17, 15) is 4.79 Å². The van der Waals surface area contributed by atoms with E-state index in [1.807, 2.05) is 35.2 Å². The zero-order valence-corrected chi connectivity index (χ0v) is 13.3. The lowest BCUT2D eigenvalue weighted by Gasteiger charge is -2.22. The Morgan fingerprint density at radius 3 is 2.91 bits per heavy atom. The van der Waals surface area contributed by atoms with Crippen LogP contribution in [0.3, 0.4) is 0 Å². The highest BCUT2D eigenvalue weighted by molar-refractivity contribution is 7.98. The Morgan fingerprint density at radius 1 is 1.36 bits per heavy atom. The van der Waals surface area contributed by atoms with Gasteiger partial charge in [0.1, 0.15) is 0 Å². The number of hydrogen-bond donors (Lipinski definition) is 2. The number of piperidine rings is 1. The first-order valence-corrected chi connectivity index (χ1v) is 8.57. The number of carbonyl (C=O) groups excluding carboxylic acids is 1. The van der Waals surface area contributed by atoms with E-state index in [0.29, 0.717) is 11.7 Å². The van der Waals surface area contributed by atoms with Crippen molar-refractivity contribution in [1.29, 1.82) is 0 Å². The van der Waals surface area contributed by atoms with Crippen molar-refractivity contribution in [1.82, 2.24) is 20.3 Å². The Morgan fingerprint density at radius 2 is 2.14 bits per heavy atom. The monoisotopic (exact) mass is 317 g/mol. The summed E-state index contributed by atoms with van der Waals surface area (Å²) in [5, 5.41) is 14.4. The molecule has 0 radical (unpaired) electrons. The maximum Gasteiger partial charge on any atom is 0.277 e. The molecule has 0 aliphatic carbocycles. The quantitative estimate of drug-likeness (QED) is 0.846. The Balaban J connectivity index is 1.71. The minimum absolute atomic E-state index is 0.221. The lowest BCUT2D eigenvalue weighted by molar-refractivity contribution is 0.102. The molecular weight excluding hydrogens is 298 g/mol. The number of hydrogen-bond acceptors (Lipinski definition) is 5. The minimum Gasteiger partial charge on any atom is -0.320 e. The third-order valence-electron chi connectivity index (χ3n) is 3.78. The molecule has 2 aromatic rings. The molecule has 1 aromatic heterocycles. The van der Waals surface area contributed by atoms with E-state index < -0.39 is 0 Å². The van der Waals surface area contributed by atoms with Crippen LogP contribution < -0.4 is 10.6 Å². The number of thioether (sulfide) groups is 1. The Bertz CT molecular complexity index is 651. The summed E-state index contributed by atoms with van der Waals surface area (Å²) in [6.45, 7) is 1.96. The summed E-state index contributed by atoms with van der Waals surface area (Å²) in [7, 11) is 0. The van der Waals surface area contributed by atoms with Crippen molar-refractivity contribution in [3.05, 3.63) is 36.2 Å². The van der Waals surface area contributed by atoms with Gasteiger partial charge in [0.05, 0.1) is 17.9 Å². The first-order valence-electron chi connectivity index (χ1n) is 7.35. The molecule has 22 heavy (non-hydrogen) atoms. The molecule has 116 valence electrons. The van der Waals surface area contributed by atoms with E-state index in [2.05, 4.69) is 20.9 Å². The zero-order chi connectivity index (χ0) is 15.4. The second-order valence-corrected chi connectivity index (χ2v) is 6.07. The molecule has 1 aliphatic heterocycles. The third kappa shape index (κ3) is 3.31. The maximum atomic E-state index is 12.3. The van der Waals surface area contributed by atoms with Crippen molar-refractivity contribution < 1.29 is 4.79 Å². The van der Waals surface area contributed by atoms with Gasteiger partial charge in [0, 0.05) is 4.90 Å². The third-order valence-corrected chi connectivity index (χ3v) is 4.58. The number of carbonyl (C=O) groups is 1. The van der Waals surface area contributed by atoms with Gasteiger partial charge in [0.2, 0.25) is 0 Å². The summed E-state index contributed by atoms with van der Waals surface area (Å²) in [6, 6.07) is 8.05. The highest BCUT2D eigenvalue weighted by atomic mass is 32.2. The SMILES string of the molecule is CSc1ccccc1NC(=O)c1cn(C2CCNCC2)nn1. The number of anilines is 1. The minimum atomic E-state index is -0.221. The number of nitrogens with zero attached hydrogens (tertiary/aromatic N) is 3. The summed E-state index contributed by atoms with van der Waals surface area (Å²) < 4.78 is 1.82. The summed E-state index contributed by atoms with van der Waals surface area (Å²) in [4.78, 5) is 13.4. The van der Waals surface area contributed by atoms with Gasteiger partial charge in [0.15, 0.2) is 5.69 Å². The molecule has 0 unspecified atom stereocenters. The fraction of sp³-hybridized carbons (Fsp3) is 0.400. The second kappa shape index (κ2) is 6.93. The number of amides is 1. The van der Waals surface area contributed by atoms with Crippen LogP contribution in [-0.4, -0.2) is 40.2 Å². The van der Waals surface area contributed by atoms with Crippen molar-refractivity contribution in [2.24, 2.45) is 0 Å². The van der Waals surface area contributed by atoms with E-state index in [1.165, 1.54) is 0 Å². The van der Waals surface area contributed by atoms with Crippen molar-refractivity contribution in [2.45, 2.75) is 23.8 Å². The summed E-state index contributed by atoms with van der Waals surface area (Å²) in [5.41, 5.74) is 1.16. The topological polar surface area (TPSA) is 71.8 Å². The molecule has 1 fully saturated rings. The number of benzene rings is 1. The molecule has 0 bridgehead atoms. The molecule has 2 N–H and O–H groups in total. The first-order chi connectivity index (χ1) is 10.8. The number of para-hydroxylation sites is 1. The molecular formula is C15H19N5OS. The van der Waals surface area contributed by atoms with Crippen LogP contribution in [-0.2, 0) is 0 Å². The van der Waals surface area contributed by atoms with Crippen LogP contribution in [0.1, 0.15) is 29.4 Å². The standard InChI is InChI=1S/C15H19N5OS/c1-22-14-5-3-2-4-12(14)17-15(21)13-10-20(19-18-13)11-6-8-16-9-7-11/h2-5,10-11,16H,6-9H2,1H3,(H,17,21). The number of aromatic nitrogens is 3. The van der Waals surface area contributed by atoms with Crippen molar-refractivity contribution in [3.63, 3.8) is 0 Å². The van der Waals surface area contributed by atoms with Gasteiger partial charge in [-0.05, 0) is 44.3 Å². The zero-order valence-electron chi connectivity index (χ0n) is 12.5. The molecule has 6 nitrogen and oxygen atoms in total. The van der Waals surface area contributed by atoms with Crippen LogP contribution in [0.4, 0.5) is 5.69 Å². The van der Waals surface area contributed by atoms with Gasteiger partial charge in [-0.3, -0.25) is 4.79 Å². The number of nitrogens with one attached hydrogen (secondary N) is 2. The second-order valence-electron chi connectivity index (χ2n) is 5.22. The van der Waals surface area contributed by atoms with Gasteiger partial charge in [-0.15, -0.1) is 16.9 Å². The van der Waals surface area contributed by atoms with Crippen LogP contribution >= 0.6 is 11.8 Å². The molecule has 1 amide bonds. The molecule has 1 aliphatic rings. The molecule has 3 rings (SSSR count). The van der Waals surface area contributed by atoms with Gasteiger partial charge < -0.3 is 10.6 Å². The Kier molecular flexibility index (Phi) is 4.74. The van der Waals surface area contributed by atoms with E-state index in [-0.39, 0.29) is 5.91 Å². The molecule has 0 atom stereocenters. The van der Waals surface area contributed by atoms with E-state index >= 15 is 0 Å². The molecule has 0 saturated carbocycles. The van der Waals surface area contributed by atoms with Gasteiger partial charge in [-0.2, -0.15) is 0 Å².